The van der Waals surface area contributed by atoms with Crippen LogP contribution < -0.4 is 9.47 Å². The lowest BCUT2D eigenvalue weighted by atomic mass is 9.66. The average Bonchev–Trinajstić information content (AvgIpc) is 2.86. The van der Waals surface area contributed by atoms with Gasteiger partial charge in [-0.15, -0.1) is 0 Å². The van der Waals surface area contributed by atoms with Crippen LogP contribution in [0.2, 0.25) is 5.02 Å². The minimum Gasteiger partial charge on any atom is -0.493 e. The van der Waals surface area contributed by atoms with E-state index < -0.39 is 17.8 Å². The highest BCUT2D eigenvalue weighted by Gasteiger charge is 2.46. The quantitative estimate of drug-likeness (QED) is 0.448. The summed E-state index contributed by atoms with van der Waals surface area (Å²) in [7, 11) is 2.93. The van der Waals surface area contributed by atoms with Gasteiger partial charge in [0.2, 0.25) is 0 Å². The van der Waals surface area contributed by atoms with Gasteiger partial charge >= 0.3 is 5.97 Å². The summed E-state index contributed by atoms with van der Waals surface area (Å²) < 4.78 is 16.5. The first-order valence-corrected chi connectivity index (χ1v) is 12.2. The minimum absolute atomic E-state index is 0.0160. The number of methoxy groups -OCH3 is 2. The fourth-order valence-electron chi connectivity index (χ4n) is 5.09. The summed E-state index contributed by atoms with van der Waals surface area (Å²) in [5.74, 6) is -0.272. The van der Waals surface area contributed by atoms with Crippen LogP contribution in [0.25, 0.3) is 0 Å². The number of nitrogens with zero attached hydrogens (tertiary/aromatic N) is 1. The van der Waals surface area contributed by atoms with Crippen LogP contribution in [0.3, 0.4) is 0 Å². The van der Waals surface area contributed by atoms with Crippen molar-refractivity contribution in [1.82, 2.24) is 0 Å². The van der Waals surface area contributed by atoms with E-state index in [4.69, 9.17) is 30.8 Å². The van der Waals surface area contributed by atoms with E-state index in [1.54, 1.807) is 14.0 Å². The standard InChI is InChI=1S/C28H30ClNO5/c1-5-12-35-23-11-8-18(15-24(23)33-3)26-25(28(32)34-4)16(2)30-21-13-19(14-22(31)27(21)26)17-6-9-20(29)10-7-17/h6-11,15,19,26-27H,5,12-14H2,1-4H3/t19-,26+,27?/m0/s1. The van der Waals surface area contributed by atoms with Gasteiger partial charge in [-0.2, -0.15) is 0 Å². The second kappa shape index (κ2) is 10.6. The van der Waals surface area contributed by atoms with Crippen molar-refractivity contribution in [2.24, 2.45) is 10.9 Å². The molecular formula is C28H30ClNO5. The van der Waals surface area contributed by atoms with E-state index in [1.807, 2.05) is 49.4 Å². The number of fused-ring (bicyclic) bond motifs is 1. The Bertz CT molecular complexity index is 1180. The van der Waals surface area contributed by atoms with E-state index in [2.05, 4.69) is 0 Å². The molecule has 0 aromatic heterocycles. The van der Waals surface area contributed by atoms with Gasteiger partial charge in [-0.1, -0.05) is 36.7 Å². The van der Waals surface area contributed by atoms with Crippen molar-refractivity contribution < 1.29 is 23.8 Å². The van der Waals surface area contributed by atoms with Crippen molar-refractivity contribution in [2.75, 3.05) is 20.8 Å². The zero-order valence-electron chi connectivity index (χ0n) is 20.5. The molecule has 3 atom stereocenters. The molecule has 6 nitrogen and oxygen atoms in total. The highest BCUT2D eigenvalue weighted by atomic mass is 35.5. The molecule has 184 valence electrons. The number of ketones is 1. The summed E-state index contributed by atoms with van der Waals surface area (Å²) in [5.41, 5.74) is 3.62. The molecule has 1 heterocycles. The molecule has 2 aliphatic rings. The molecule has 0 spiro atoms. The maximum Gasteiger partial charge on any atom is 0.336 e. The van der Waals surface area contributed by atoms with E-state index >= 15 is 0 Å². The molecule has 0 amide bonds. The Morgan fingerprint density at radius 1 is 1.03 bits per heavy atom. The Balaban J connectivity index is 1.77. The van der Waals surface area contributed by atoms with Crippen molar-refractivity contribution >= 4 is 29.1 Å². The SMILES string of the molecule is CCCOc1ccc([C@@H]2C(C(=O)OC)=C(C)N=C3C[C@H](c4ccc(Cl)cc4)CC(=O)C32)cc1OC. The van der Waals surface area contributed by atoms with Crippen LogP contribution >= 0.6 is 11.6 Å². The van der Waals surface area contributed by atoms with Crippen molar-refractivity contribution in [3.63, 3.8) is 0 Å². The maximum atomic E-state index is 13.7. The van der Waals surface area contributed by atoms with E-state index in [0.717, 1.165) is 23.3 Å². The number of carbonyl (C=O) groups excluding carboxylic acids is 2. The second-order valence-electron chi connectivity index (χ2n) is 8.93. The summed E-state index contributed by atoms with van der Waals surface area (Å²) in [4.78, 5) is 31.3. The molecule has 1 aliphatic heterocycles. The molecule has 7 heteroatoms. The van der Waals surface area contributed by atoms with Crippen LogP contribution in [0.15, 0.2) is 58.7 Å². The number of aliphatic imine (C=N–C) groups is 1. The molecule has 0 bridgehead atoms. The predicted octanol–water partition coefficient (Wildman–Crippen LogP) is 5.89. The van der Waals surface area contributed by atoms with Crippen molar-refractivity contribution in [2.45, 2.75) is 44.9 Å². The highest BCUT2D eigenvalue weighted by molar-refractivity contribution is 6.30. The molecule has 1 aliphatic carbocycles. The van der Waals surface area contributed by atoms with Crippen LogP contribution in [0.4, 0.5) is 0 Å². The van der Waals surface area contributed by atoms with Crippen LogP contribution in [0.1, 0.15) is 56.1 Å². The van der Waals surface area contributed by atoms with E-state index in [-0.39, 0.29) is 11.7 Å². The molecule has 1 saturated carbocycles. The average molecular weight is 496 g/mol. The van der Waals surface area contributed by atoms with E-state index in [0.29, 0.717) is 47.2 Å². The van der Waals surface area contributed by atoms with E-state index in [9.17, 15) is 9.59 Å². The van der Waals surface area contributed by atoms with Gasteiger partial charge in [-0.05, 0) is 61.1 Å². The normalized spacial score (nSPS) is 21.8. The van der Waals surface area contributed by atoms with Crippen LogP contribution in [-0.2, 0) is 14.3 Å². The summed E-state index contributed by atoms with van der Waals surface area (Å²) in [6, 6.07) is 13.2. The Morgan fingerprint density at radius 2 is 1.74 bits per heavy atom. The van der Waals surface area contributed by atoms with Crippen LogP contribution in [0, 0.1) is 5.92 Å². The third-order valence-corrected chi connectivity index (χ3v) is 6.96. The minimum atomic E-state index is -0.538. The molecule has 2 aromatic carbocycles. The molecule has 0 radical (unpaired) electrons. The molecule has 35 heavy (non-hydrogen) atoms. The van der Waals surface area contributed by atoms with Gasteiger partial charge < -0.3 is 14.2 Å². The Morgan fingerprint density at radius 3 is 2.40 bits per heavy atom. The number of ether oxygens (including phenoxy) is 3. The van der Waals surface area contributed by atoms with Gasteiger partial charge in [0.25, 0.3) is 0 Å². The molecule has 1 unspecified atom stereocenters. The zero-order chi connectivity index (χ0) is 25.1. The number of halogens is 1. The fourth-order valence-corrected chi connectivity index (χ4v) is 5.22. The first-order chi connectivity index (χ1) is 16.9. The Labute approximate surface area is 210 Å². The number of rotatable bonds is 7. The lowest BCUT2D eigenvalue weighted by molar-refractivity contribution is -0.136. The van der Waals surface area contributed by atoms with E-state index in [1.165, 1.54) is 7.11 Å². The molecule has 0 saturated heterocycles. The Hall–Kier alpha value is -3.12. The second-order valence-corrected chi connectivity index (χ2v) is 9.37. The number of benzene rings is 2. The third kappa shape index (κ3) is 4.98. The van der Waals surface area contributed by atoms with Gasteiger partial charge in [0.05, 0.1) is 32.3 Å². The summed E-state index contributed by atoms with van der Waals surface area (Å²) in [6.45, 7) is 4.40. The van der Waals surface area contributed by atoms with Crippen LogP contribution in [-0.4, -0.2) is 38.3 Å². The van der Waals surface area contributed by atoms with Gasteiger partial charge in [-0.3, -0.25) is 9.79 Å². The third-order valence-electron chi connectivity index (χ3n) is 6.71. The van der Waals surface area contributed by atoms with Gasteiger partial charge in [-0.25, -0.2) is 4.79 Å². The lowest BCUT2D eigenvalue weighted by Crippen LogP contribution is -2.41. The van der Waals surface area contributed by atoms with Crippen molar-refractivity contribution in [3.05, 3.63) is 69.9 Å². The number of allylic oxidation sites excluding steroid dienone is 1. The maximum absolute atomic E-state index is 13.7. The first-order valence-electron chi connectivity index (χ1n) is 11.8. The molecular weight excluding hydrogens is 466 g/mol. The molecule has 0 N–H and O–H groups in total. The highest BCUT2D eigenvalue weighted by Crippen LogP contribution is 2.47. The summed E-state index contributed by atoms with van der Waals surface area (Å²) in [5, 5.41) is 0.658. The summed E-state index contributed by atoms with van der Waals surface area (Å²) in [6.07, 6.45) is 1.87. The largest absolute Gasteiger partial charge is 0.493 e. The first kappa shape index (κ1) is 25.0. The number of hydrogen-bond acceptors (Lipinski definition) is 6. The Kier molecular flexibility index (Phi) is 7.60. The molecule has 2 aromatic rings. The van der Waals surface area contributed by atoms with Gasteiger partial charge in [0.15, 0.2) is 11.5 Å². The number of Topliss-reactive ketones (excluding diaryl/α,β-unsaturated/α-hetero) is 1. The summed E-state index contributed by atoms with van der Waals surface area (Å²) >= 11 is 6.06. The van der Waals surface area contributed by atoms with Crippen LogP contribution in [0.5, 0.6) is 11.5 Å². The van der Waals surface area contributed by atoms with Crippen molar-refractivity contribution in [1.29, 1.82) is 0 Å². The molecule has 1 fully saturated rings. The molecule has 4 rings (SSSR count). The van der Waals surface area contributed by atoms with Gasteiger partial charge in [0.1, 0.15) is 5.78 Å². The van der Waals surface area contributed by atoms with Crippen molar-refractivity contribution in [3.8, 4) is 11.5 Å². The smallest absolute Gasteiger partial charge is 0.336 e. The zero-order valence-corrected chi connectivity index (χ0v) is 21.2. The monoisotopic (exact) mass is 495 g/mol. The fraction of sp³-hybridized carbons (Fsp3) is 0.393. The van der Waals surface area contributed by atoms with Gasteiger partial charge in [0, 0.05) is 28.8 Å². The predicted molar refractivity (Wildman–Crippen MR) is 136 cm³/mol. The lowest BCUT2D eigenvalue weighted by Gasteiger charge is -2.38. The number of carbonyl (C=O) groups is 2. The number of hydrogen-bond donors (Lipinski definition) is 0. The topological polar surface area (TPSA) is 74.2 Å². The number of esters is 1.